The molecule has 37 heavy (non-hydrogen) atoms. The second-order valence-electron chi connectivity index (χ2n) is 8.47. The number of halogens is 2. The van der Waals surface area contributed by atoms with Crippen LogP contribution in [0.15, 0.2) is 79.4 Å². The van der Waals surface area contributed by atoms with Crippen molar-refractivity contribution in [2.24, 2.45) is 5.10 Å². The summed E-state index contributed by atoms with van der Waals surface area (Å²) >= 11 is 9.74. The maximum absolute atomic E-state index is 13.5. The van der Waals surface area contributed by atoms with Gasteiger partial charge in [0.25, 0.3) is 5.56 Å². The third-order valence-electron chi connectivity index (χ3n) is 5.95. The Bertz CT molecular complexity index is 1710. The van der Waals surface area contributed by atoms with Crippen LogP contribution in [0.5, 0.6) is 11.5 Å². The lowest BCUT2D eigenvalue weighted by Gasteiger charge is -2.16. The molecule has 0 N–H and O–H groups in total. The second kappa shape index (κ2) is 10.4. The van der Waals surface area contributed by atoms with Crippen LogP contribution < -0.4 is 15.0 Å². The molecular weight excluding hydrogens is 558 g/mol. The van der Waals surface area contributed by atoms with E-state index in [4.69, 9.17) is 30.5 Å². The van der Waals surface area contributed by atoms with Crippen LogP contribution >= 0.6 is 27.5 Å². The molecule has 0 saturated carbocycles. The Morgan fingerprint density at radius 3 is 2.76 bits per heavy atom. The third-order valence-corrected chi connectivity index (χ3v) is 6.87. The summed E-state index contributed by atoms with van der Waals surface area (Å²) in [5.41, 5.74) is 1.54. The SMILES string of the molecule is CC[C@H](C)Oc1cc(Br)c(C=Nn2c(-c3cc4cc(Cl)ccc4o3)nc3ccccc3c2=O)cc1OC. The Balaban J connectivity index is 1.65. The van der Waals surface area contributed by atoms with E-state index in [2.05, 4.69) is 28.0 Å². The first-order valence-corrected chi connectivity index (χ1v) is 12.8. The largest absolute Gasteiger partial charge is 0.493 e. The van der Waals surface area contributed by atoms with Crippen molar-refractivity contribution in [2.45, 2.75) is 26.4 Å². The number of fused-ring (bicyclic) bond motifs is 2. The lowest BCUT2D eigenvalue weighted by Crippen LogP contribution is -2.20. The predicted octanol–water partition coefficient (Wildman–Crippen LogP) is 7.29. The molecule has 9 heteroatoms. The number of hydrogen-bond donors (Lipinski definition) is 0. The van der Waals surface area contributed by atoms with Crippen LogP contribution in [0.25, 0.3) is 33.5 Å². The lowest BCUT2D eigenvalue weighted by molar-refractivity contribution is 0.207. The lowest BCUT2D eigenvalue weighted by atomic mass is 10.2. The molecule has 0 spiro atoms. The van der Waals surface area contributed by atoms with Gasteiger partial charge in [0.2, 0.25) is 5.82 Å². The summed E-state index contributed by atoms with van der Waals surface area (Å²) in [6.45, 7) is 4.05. The molecule has 0 aliphatic rings. The van der Waals surface area contributed by atoms with Crippen molar-refractivity contribution >= 4 is 55.6 Å². The summed E-state index contributed by atoms with van der Waals surface area (Å²) in [6, 6.07) is 17.9. The van der Waals surface area contributed by atoms with E-state index in [1.165, 1.54) is 4.68 Å². The van der Waals surface area contributed by atoms with Gasteiger partial charge in [0, 0.05) is 20.4 Å². The molecule has 0 saturated heterocycles. The molecule has 0 aliphatic carbocycles. The monoisotopic (exact) mass is 579 g/mol. The van der Waals surface area contributed by atoms with Gasteiger partial charge in [0.15, 0.2) is 17.3 Å². The first-order valence-electron chi connectivity index (χ1n) is 11.7. The van der Waals surface area contributed by atoms with Crippen LogP contribution in [0, 0.1) is 0 Å². The summed E-state index contributed by atoms with van der Waals surface area (Å²) in [7, 11) is 1.58. The number of nitrogens with zero attached hydrogens (tertiary/aromatic N) is 3. The average Bonchev–Trinajstić information content (AvgIpc) is 3.32. The third kappa shape index (κ3) is 4.99. The molecule has 7 nitrogen and oxygen atoms in total. The zero-order valence-corrected chi connectivity index (χ0v) is 22.7. The van der Waals surface area contributed by atoms with E-state index >= 15 is 0 Å². The molecule has 2 aromatic heterocycles. The van der Waals surface area contributed by atoms with Gasteiger partial charge in [-0.05, 0) is 77.8 Å². The van der Waals surface area contributed by atoms with Crippen molar-refractivity contribution in [3.8, 4) is 23.1 Å². The Morgan fingerprint density at radius 2 is 1.97 bits per heavy atom. The maximum atomic E-state index is 13.5. The minimum absolute atomic E-state index is 0.0313. The zero-order valence-electron chi connectivity index (χ0n) is 20.4. The molecule has 2 heterocycles. The van der Waals surface area contributed by atoms with Gasteiger partial charge in [-0.3, -0.25) is 4.79 Å². The number of furan rings is 1. The molecule has 0 unspecified atom stereocenters. The van der Waals surface area contributed by atoms with E-state index in [1.54, 1.807) is 61.9 Å². The second-order valence-corrected chi connectivity index (χ2v) is 9.76. The fraction of sp³-hybridized carbons (Fsp3) is 0.179. The number of methoxy groups -OCH3 is 1. The van der Waals surface area contributed by atoms with Gasteiger partial charge in [-0.2, -0.15) is 9.78 Å². The maximum Gasteiger partial charge on any atom is 0.282 e. The Kier molecular flexibility index (Phi) is 7.04. The molecule has 5 aromatic rings. The standard InChI is InChI=1S/C28H23BrClN3O4/c1-4-16(2)36-25-14-21(29)18(13-24(25)35-3)15-31-33-27(32-22-8-6-5-7-20(22)28(33)34)26-12-17-11-19(30)9-10-23(17)37-26/h5-16H,4H2,1-3H3/t16-/m0/s1. The molecule has 0 radical (unpaired) electrons. The molecular formula is C28H23BrClN3O4. The zero-order chi connectivity index (χ0) is 26.1. The fourth-order valence-electron chi connectivity index (χ4n) is 3.84. The van der Waals surface area contributed by atoms with Crippen molar-refractivity contribution in [3.63, 3.8) is 0 Å². The fourth-order valence-corrected chi connectivity index (χ4v) is 4.44. The topological polar surface area (TPSA) is 78.9 Å². The summed E-state index contributed by atoms with van der Waals surface area (Å²) in [4.78, 5) is 18.2. The number of para-hydroxylation sites is 1. The normalized spacial score (nSPS) is 12.5. The van der Waals surface area contributed by atoms with Gasteiger partial charge in [-0.1, -0.05) is 30.7 Å². The summed E-state index contributed by atoms with van der Waals surface area (Å²) in [5.74, 6) is 1.84. The number of ether oxygens (including phenoxy) is 2. The highest BCUT2D eigenvalue weighted by molar-refractivity contribution is 9.10. The highest BCUT2D eigenvalue weighted by Crippen LogP contribution is 2.34. The van der Waals surface area contributed by atoms with E-state index in [0.717, 1.165) is 16.3 Å². The van der Waals surface area contributed by atoms with Gasteiger partial charge < -0.3 is 13.9 Å². The van der Waals surface area contributed by atoms with Gasteiger partial charge >= 0.3 is 0 Å². The first kappa shape index (κ1) is 25.0. The van der Waals surface area contributed by atoms with Crippen molar-refractivity contribution in [2.75, 3.05) is 7.11 Å². The van der Waals surface area contributed by atoms with Crippen LogP contribution in [0.2, 0.25) is 5.02 Å². The van der Waals surface area contributed by atoms with E-state index in [1.807, 2.05) is 19.1 Å². The molecule has 188 valence electrons. The smallest absolute Gasteiger partial charge is 0.282 e. The van der Waals surface area contributed by atoms with E-state index in [0.29, 0.717) is 44.3 Å². The minimum Gasteiger partial charge on any atom is -0.493 e. The van der Waals surface area contributed by atoms with Crippen LogP contribution in [0.4, 0.5) is 0 Å². The van der Waals surface area contributed by atoms with Crippen molar-refractivity contribution in [3.05, 3.63) is 86.1 Å². The summed E-state index contributed by atoms with van der Waals surface area (Å²) in [6.07, 6.45) is 2.46. The van der Waals surface area contributed by atoms with E-state index in [-0.39, 0.29) is 17.5 Å². The Morgan fingerprint density at radius 1 is 1.16 bits per heavy atom. The number of hydrogen-bond acceptors (Lipinski definition) is 6. The first-order chi connectivity index (χ1) is 17.9. The van der Waals surface area contributed by atoms with Crippen LogP contribution in [-0.4, -0.2) is 29.1 Å². The predicted molar refractivity (Wildman–Crippen MR) is 150 cm³/mol. The van der Waals surface area contributed by atoms with Crippen molar-refractivity contribution in [1.82, 2.24) is 9.66 Å². The molecule has 0 aliphatic heterocycles. The van der Waals surface area contributed by atoms with Gasteiger partial charge in [-0.15, -0.1) is 0 Å². The van der Waals surface area contributed by atoms with Crippen LogP contribution in [0.3, 0.4) is 0 Å². The number of benzene rings is 3. The van der Waals surface area contributed by atoms with Crippen molar-refractivity contribution in [1.29, 1.82) is 0 Å². The Labute approximate surface area is 226 Å². The number of rotatable bonds is 7. The highest BCUT2D eigenvalue weighted by Gasteiger charge is 2.17. The molecule has 0 amide bonds. The molecule has 0 bridgehead atoms. The molecule has 5 rings (SSSR count). The highest BCUT2D eigenvalue weighted by atomic mass is 79.9. The van der Waals surface area contributed by atoms with Gasteiger partial charge in [-0.25, -0.2) is 4.98 Å². The van der Waals surface area contributed by atoms with E-state index < -0.39 is 0 Å². The minimum atomic E-state index is -0.324. The Hall–Kier alpha value is -3.62. The number of aromatic nitrogens is 2. The summed E-state index contributed by atoms with van der Waals surface area (Å²) in [5, 5.41) is 6.36. The quantitative estimate of drug-likeness (QED) is 0.189. The molecule has 1 atom stereocenters. The molecule has 3 aromatic carbocycles. The van der Waals surface area contributed by atoms with E-state index in [9.17, 15) is 4.79 Å². The average molecular weight is 581 g/mol. The van der Waals surface area contributed by atoms with Gasteiger partial charge in [0.1, 0.15) is 5.58 Å². The summed E-state index contributed by atoms with van der Waals surface area (Å²) < 4.78 is 19.5. The van der Waals surface area contributed by atoms with Crippen LogP contribution in [0.1, 0.15) is 25.8 Å². The molecule has 0 fully saturated rings. The van der Waals surface area contributed by atoms with Crippen molar-refractivity contribution < 1.29 is 13.9 Å². The van der Waals surface area contributed by atoms with Crippen LogP contribution in [-0.2, 0) is 0 Å². The van der Waals surface area contributed by atoms with Gasteiger partial charge in [0.05, 0.1) is 30.3 Å².